The Hall–Kier alpha value is -3.27. The Labute approximate surface area is 159 Å². The lowest BCUT2D eigenvalue weighted by Crippen LogP contribution is -2.15. The van der Waals surface area contributed by atoms with Gasteiger partial charge in [0, 0.05) is 6.42 Å². The first-order chi connectivity index (χ1) is 13.2. The number of benzene rings is 3. The minimum absolute atomic E-state index is 0.0309. The van der Waals surface area contributed by atoms with E-state index in [-0.39, 0.29) is 11.8 Å². The lowest BCUT2D eigenvalue weighted by atomic mass is 9.96. The molecule has 1 N–H and O–H groups in total. The van der Waals surface area contributed by atoms with Gasteiger partial charge < -0.3 is 14.8 Å². The van der Waals surface area contributed by atoms with Crippen LogP contribution in [-0.4, -0.2) is 13.0 Å². The highest BCUT2D eigenvalue weighted by Gasteiger charge is 2.16. The largest absolute Gasteiger partial charge is 0.496 e. The van der Waals surface area contributed by atoms with Gasteiger partial charge in [-0.2, -0.15) is 0 Å². The molecule has 0 saturated heterocycles. The molecular formula is C23H23NO3. The van der Waals surface area contributed by atoms with Crippen molar-refractivity contribution in [3.05, 3.63) is 84.4 Å². The highest BCUT2D eigenvalue weighted by molar-refractivity contribution is 5.92. The average Bonchev–Trinajstić information content (AvgIpc) is 2.70. The first-order valence-electron chi connectivity index (χ1n) is 8.92. The summed E-state index contributed by atoms with van der Waals surface area (Å²) >= 11 is 0. The molecule has 0 aromatic heterocycles. The molecule has 0 radical (unpaired) electrons. The van der Waals surface area contributed by atoms with Gasteiger partial charge in [-0.1, -0.05) is 55.5 Å². The Balaban J connectivity index is 1.69. The van der Waals surface area contributed by atoms with Gasteiger partial charge in [-0.15, -0.1) is 0 Å². The Morgan fingerprint density at radius 1 is 0.889 bits per heavy atom. The SMILES string of the molecule is COc1ccccc1[C@@H](C)CC(=O)Nc1ccccc1Oc1ccccc1. The molecule has 138 valence electrons. The van der Waals surface area contributed by atoms with E-state index < -0.39 is 0 Å². The van der Waals surface area contributed by atoms with E-state index in [1.807, 2.05) is 85.8 Å². The zero-order valence-corrected chi connectivity index (χ0v) is 15.5. The predicted octanol–water partition coefficient (Wildman–Crippen LogP) is 5.62. The van der Waals surface area contributed by atoms with Gasteiger partial charge in [-0.3, -0.25) is 4.79 Å². The molecular weight excluding hydrogens is 338 g/mol. The van der Waals surface area contributed by atoms with Gasteiger partial charge >= 0.3 is 0 Å². The number of hydrogen-bond donors (Lipinski definition) is 1. The Morgan fingerprint density at radius 3 is 2.26 bits per heavy atom. The summed E-state index contributed by atoms with van der Waals surface area (Å²) in [4.78, 5) is 12.6. The third kappa shape index (κ3) is 4.88. The number of rotatable bonds is 7. The maximum Gasteiger partial charge on any atom is 0.225 e. The van der Waals surface area contributed by atoms with E-state index in [0.717, 1.165) is 17.1 Å². The third-order valence-electron chi connectivity index (χ3n) is 4.29. The fourth-order valence-corrected chi connectivity index (χ4v) is 2.94. The normalized spacial score (nSPS) is 11.5. The van der Waals surface area contributed by atoms with Crippen molar-refractivity contribution < 1.29 is 14.3 Å². The second-order valence-corrected chi connectivity index (χ2v) is 6.31. The van der Waals surface area contributed by atoms with E-state index in [1.54, 1.807) is 7.11 Å². The fourth-order valence-electron chi connectivity index (χ4n) is 2.94. The number of nitrogens with one attached hydrogen (secondary N) is 1. The highest BCUT2D eigenvalue weighted by atomic mass is 16.5. The van der Waals surface area contributed by atoms with E-state index >= 15 is 0 Å². The van der Waals surface area contributed by atoms with Crippen LogP contribution in [0, 0.1) is 0 Å². The number of amides is 1. The van der Waals surface area contributed by atoms with Crippen molar-refractivity contribution in [3.63, 3.8) is 0 Å². The molecule has 0 saturated carbocycles. The summed E-state index contributed by atoms with van der Waals surface area (Å²) in [6.45, 7) is 2.02. The Kier molecular flexibility index (Phi) is 6.10. The summed E-state index contributed by atoms with van der Waals surface area (Å²) in [6, 6.07) is 24.7. The maximum atomic E-state index is 12.6. The van der Waals surface area contributed by atoms with Crippen LogP contribution < -0.4 is 14.8 Å². The fraction of sp³-hybridized carbons (Fsp3) is 0.174. The van der Waals surface area contributed by atoms with Crippen LogP contribution in [-0.2, 0) is 4.79 Å². The quantitative estimate of drug-likeness (QED) is 0.594. The predicted molar refractivity (Wildman–Crippen MR) is 108 cm³/mol. The summed E-state index contributed by atoms with van der Waals surface area (Å²) in [6.07, 6.45) is 0.347. The van der Waals surface area contributed by atoms with Crippen LogP contribution in [0.2, 0.25) is 0 Å². The van der Waals surface area contributed by atoms with E-state index in [0.29, 0.717) is 17.9 Å². The molecule has 1 amide bonds. The lowest BCUT2D eigenvalue weighted by Gasteiger charge is -2.16. The van der Waals surface area contributed by atoms with Crippen LogP contribution in [0.3, 0.4) is 0 Å². The van der Waals surface area contributed by atoms with Crippen LogP contribution >= 0.6 is 0 Å². The van der Waals surface area contributed by atoms with Crippen molar-refractivity contribution in [2.75, 3.05) is 12.4 Å². The van der Waals surface area contributed by atoms with Crippen LogP contribution in [0.15, 0.2) is 78.9 Å². The molecule has 0 fully saturated rings. The topological polar surface area (TPSA) is 47.6 Å². The second-order valence-electron chi connectivity index (χ2n) is 6.31. The molecule has 4 nitrogen and oxygen atoms in total. The first kappa shape index (κ1) is 18.5. The van der Waals surface area contributed by atoms with E-state index in [9.17, 15) is 4.79 Å². The summed E-state index contributed by atoms with van der Waals surface area (Å²) in [5.41, 5.74) is 1.67. The van der Waals surface area contributed by atoms with Gasteiger partial charge in [-0.25, -0.2) is 0 Å². The molecule has 4 heteroatoms. The van der Waals surface area contributed by atoms with Gasteiger partial charge in [0.1, 0.15) is 11.5 Å². The van der Waals surface area contributed by atoms with Gasteiger partial charge in [0.15, 0.2) is 5.75 Å². The van der Waals surface area contributed by atoms with E-state index in [4.69, 9.17) is 9.47 Å². The number of methoxy groups -OCH3 is 1. The number of carbonyl (C=O) groups excluding carboxylic acids is 1. The third-order valence-corrected chi connectivity index (χ3v) is 4.29. The van der Waals surface area contributed by atoms with E-state index in [1.165, 1.54) is 0 Å². The molecule has 3 aromatic carbocycles. The summed E-state index contributed by atoms with van der Waals surface area (Å²) in [7, 11) is 1.64. The van der Waals surface area contributed by atoms with Crippen LogP contribution in [0.1, 0.15) is 24.8 Å². The molecule has 0 aliphatic rings. The van der Waals surface area contributed by atoms with Crippen molar-refractivity contribution in [1.29, 1.82) is 0 Å². The summed E-state index contributed by atoms with van der Waals surface area (Å²) in [5.74, 6) is 2.09. The number of hydrogen-bond acceptors (Lipinski definition) is 3. The zero-order valence-electron chi connectivity index (χ0n) is 15.5. The van der Waals surface area contributed by atoms with Crippen molar-refractivity contribution in [1.82, 2.24) is 0 Å². The number of anilines is 1. The molecule has 27 heavy (non-hydrogen) atoms. The van der Waals surface area contributed by atoms with Gasteiger partial charge in [0.25, 0.3) is 0 Å². The van der Waals surface area contributed by atoms with Crippen LogP contribution in [0.4, 0.5) is 5.69 Å². The highest BCUT2D eigenvalue weighted by Crippen LogP contribution is 2.31. The number of carbonyl (C=O) groups is 1. The van der Waals surface area contributed by atoms with E-state index in [2.05, 4.69) is 5.32 Å². The van der Waals surface area contributed by atoms with Crippen molar-refractivity contribution in [2.24, 2.45) is 0 Å². The van der Waals surface area contributed by atoms with Crippen molar-refractivity contribution in [2.45, 2.75) is 19.3 Å². The smallest absolute Gasteiger partial charge is 0.225 e. The Bertz CT molecular complexity index is 893. The van der Waals surface area contributed by atoms with Gasteiger partial charge in [0.05, 0.1) is 12.8 Å². The van der Waals surface area contributed by atoms with Crippen molar-refractivity contribution >= 4 is 11.6 Å². The molecule has 3 rings (SSSR count). The maximum absolute atomic E-state index is 12.6. The monoisotopic (exact) mass is 361 g/mol. The molecule has 0 heterocycles. The molecule has 0 aliphatic carbocycles. The molecule has 1 atom stereocenters. The second kappa shape index (κ2) is 8.90. The number of para-hydroxylation sites is 4. The van der Waals surface area contributed by atoms with Crippen LogP contribution in [0.25, 0.3) is 0 Å². The summed E-state index contributed by atoms with van der Waals surface area (Å²) in [5, 5.41) is 2.96. The molecule has 0 unspecified atom stereocenters. The molecule has 0 spiro atoms. The number of ether oxygens (including phenoxy) is 2. The van der Waals surface area contributed by atoms with Gasteiger partial charge in [-0.05, 0) is 41.8 Å². The average molecular weight is 361 g/mol. The molecule has 3 aromatic rings. The van der Waals surface area contributed by atoms with Crippen molar-refractivity contribution in [3.8, 4) is 17.2 Å². The zero-order chi connectivity index (χ0) is 19.1. The Morgan fingerprint density at radius 2 is 1.52 bits per heavy atom. The molecule has 0 bridgehead atoms. The van der Waals surface area contributed by atoms with Gasteiger partial charge in [0.2, 0.25) is 5.91 Å². The molecule has 0 aliphatic heterocycles. The van der Waals surface area contributed by atoms with Crippen LogP contribution in [0.5, 0.6) is 17.2 Å². The standard InChI is InChI=1S/C23H23NO3/c1-17(19-12-6-8-14-21(19)26-2)16-23(25)24-20-13-7-9-15-22(20)27-18-10-4-3-5-11-18/h3-15,17H,16H2,1-2H3,(H,24,25)/t17-/m0/s1. The first-order valence-corrected chi connectivity index (χ1v) is 8.92. The summed E-state index contributed by atoms with van der Waals surface area (Å²) < 4.78 is 11.3. The minimum atomic E-state index is -0.0717. The minimum Gasteiger partial charge on any atom is -0.496 e. The lowest BCUT2D eigenvalue weighted by molar-refractivity contribution is -0.116.